The Morgan fingerprint density at radius 2 is 1.90 bits per heavy atom. The highest BCUT2D eigenvalue weighted by molar-refractivity contribution is 5.88. The fraction of sp³-hybridized carbons (Fsp3) is 0.167. The first kappa shape index (κ1) is 13.4. The number of benzene rings is 2. The molecular weight excluding hydrogens is 262 g/mol. The number of nitrogens with zero attached hydrogens (tertiary/aromatic N) is 1. The Balaban J connectivity index is 2.01. The molecule has 0 atom stereocenters. The highest BCUT2D eigenvalue weighted by atomic mass is 16.4. The molecule has 3 rings (SSSR count). The van der Waals surface area contributed by atoms with E-state index >= 15 is 0 Å². The van der Waals surface area contributed by atoms with Gasteiger partial charge < -0.3 is 9.67 Å². The van der Waals surface area contributed by atoms with Crippen LogP contribution < -0.4 is 0 Å². The zero-order valence-electron chi connectivity index (χ0n) is 12.1. The molecule has 0 spiro atoms. The van der Waals surface area contributed by atoms with E-state index in [1.165, 1.54) is 16.5 Å². The lowest BCUT2D eigenvalue weighted by atomic mass is 9.98. The van der Waals surface area contributed by atoms with Crippen molar-refractivity contribution in [1.82, 2.24) is 4.57 Å². The summed E-state index contributed by atoms with van der Waals surface area (Å²) in [5.41, 5.74) is 5.00. The van der Waals surface area contributed by atoms with Crippen LogP contribution >= 0.6 is 0 Å². The third kappa shape index (κ3) is 2.42. The number of para-hydroxylation sites is 1. The average molecular weight is 279 g/mol. The van der Waals surface area contributed by atoms with Gasteiger partial charge in [0, 0.05) is 24.1 Å². The minimum atomic E-state index is -0.880. The van der Waals surface area contributed by atoms with Crippen molar-refractivity contribution < 1.29 is 9.90 Å². The first-order valence-electron chi connectivity index (χ1n) is 6.92. The van der Waals surface area contributed by atoms with Crippen molar-refractivity contribution in [3.63, 3.8) is 0 Å². The molecule has 0 radical (unpaired) electrons. The summed E-state index contributed by atoms with van der Waals surface area (Å²) in [7, 11) is 2.05. The lowest BCUT2D eigenvalue weighted by molar-refractivity contribution is 0.0697. The number of aromatic carboxylic acids is 1. The van der Waals surface area contributed by atoms with Crippen LogP contribution in [-0.4, -0.2) is 15.6 Å². The second-order valence-electron chi connectivity index (χ2n) is 5.41. The summed E-state index contributed by atoms with van der Waals surface area (Å²) in [6.45, 7) is 1.97. The minimum Gasteiger partial charge on any atom is -0.478 e. The van der Waals surface area contributed by atoms with Crippen molar-refractivity contribution in [2.24, 2.45) is 7.05 Å². The topological polar surface area (TPSA) is 42.2 Å². The number of carboxylic acid groups (broad SMARTS) is 1. The summed E-state index contributed by atoms with van der Waals surface area (Å²) in [5.74, 6) is -0.880. The normalized spacial score (nSPS) is 11.0. The van der Waals surface area contributed by atoms with Crippen LogP contribution in [-0.2, 0) is 13.5 Å². The molecule has 0 unspecified atom stereocenters. The Morgan fingerprint density at radius 3 is 2.62 bits per heavy atom. The molecule has 2 aromatic carbocycles. The molecule has 3 heteroatoms. The Hall–Kier alpha value is -2.55. The van der Waals surface area contributed by atoms with Gasteiger partial charge in [0.1, 0.15) is 0 Å². The number of fused-ring (bicyclic) bond motifs is 1. The van der Waals surface area contributed by atoms with Gasteiger partial charge in [-0.05, 0) is 48.2 Å². The van der Waals surface area contributed by atoms with Gasteiger partial charge in [0.05, 0.1) is 5.56 Å². The second-order valence-corrected chi connectivity index (χ2v) is 5.41. The molecular formula is C18H17NO2. The number of rotatable bonds is 3. The fourth-order valence-electron chi connectivity index (χ4n) is 2.80. The average Bonchev–Trinajstić information content (AvgIpc) is 2.78. The third-order valence-corrected chi connectivity index (χ3v) is 3.95. The van der Waals surface area contributed by atoms with E-state index < -0.39 is 5.97 Å². The number of hydrogen-bond donors (Lipinski definition) is 1. The van der Waals surface area contributed by atoms with Crippen LogP contribution in [0.15, 0.2) is 48.7 Å². The molecule has 0 saturated carbocycles. The summed E-state index contributed by atoms with van der Waals surface area (Å²) >= 11 is 0. The monoisotopic (exact) mass is 279 g/mol. The van der Waals surface area contributed by atoms with Crippen molar-refractivity contribution in [1.29, 1.82) is 0 Å². The van der Waals surface area contributed by atoms with Crippen LogP contribution in [0, 0.1) is 6.92 Å². The highest BCUT2D eigenvalue weighted by Gasteiger charge is 2.10. The van der Waals surface area contributed by atoms with E-state index in [2.05, 4.69) is 22.9 Å². The Labute approximate surface area is 123 Å². The number of carboxylic acids is 1. The predicted octanol–water partition coefficient (Wildman–Crippen LogP) is 3.78. The molecule has 0 aliphatic rings. The van der Waals surface area contributed by atoms with Gasteiger partial charge in [-0.25, -0.2) is 4.79 Å². The van der Waals surface area contributed by atoms with Crippen molar-refractivity contribution in [3.05, 3.63) is 70.9 Å². The molecule has 0 bridgehead atoms. The van der Waals surface area contributed by atoms with Gasteiger partial charge in [0.25, 0.3) is 0 Å². The number of aromatic nitrogens is 1. The second kappa shape index (κ2) is 5.09. The zero-order chi connectivity index (χ0) is 15.0. The predicted molar refractivity (Wildman–Crippen MR) is 83.9 cm³/mol. The fourth-order valence-corrected chi connectivity index (χ4v) is 2.80. The van der Waals surface area contributed by atoms with Crippen LogP contribution in [0.3, 0.4) is 0 Å². The molecule has 1 heterocycles. The van der Waals surface area contributed by atoms with Crippen molar-refractivity contribution >= 4 is 16.9 Å². The molecule has 0 aliphatic heterocycles. The molecule has 106 valence electrons. The third-order valence-electron chi connectivity index (χ3n) is 3.95. The maximum Gasteiger partial charge on any atom is 0.335 e. The molecule has 1 N–H and O–H groups in total. The van der Waals surface area contributed by atoms with Crippen molar-refractivity contribution in [2.45, 2.75) is 13.3 Å². The molecule has 3 aromatic rings. The maximum absolute atomic E-state index is 11.0. The summed E-state index contributed by atoms with van der Waals surface area (Å²) in [5, 5.41) is 10.3. The van der Waals surface area contributed by atoms with E-state index in [9.17, 15) is 4.79 Å². The Kier molecular flexibility index (Phi) is 3.26. The van der Waals surface area contributed by atoms with E-state index in [1.807, 2.05) is 32.2 Å². The molecule has 1 aromatic heterocycles. The lowest BCUT2D eigenvalue weighted by Gasteiger charge is -2.06. The van der Waals surface area contributed by atoms with Crippen molar-refractivity contribution in [2.75, 3.05) is 0 Å². The summed E-state index contributed by atoms with van der Waals surface area (Å²) in [4.78, 5) is 11.0. The maximum atomic E-state index is 11.0. The van der Waals surface area contributed by atoms with Crippen LogP contribution in [0.4, 0.5) is 0 Å². The van der Waals surface area contributed by atoms with Crippen LogP contribution in [0.5, 0.6) is 0 Å². The molecule has 3 nitrogen and oxygen atoms in total. The van der Waals surface area contributed by atoms with Crippen LogP contribution in [0.1, 0.15) is 27.0 Å². The van der Waals surface area contributed by atoms with E-state index in [0.29, 0.717) is 5.56 Å². The van der Waals surface area contributed by atoms with Crippen molar-refractivity contribution in [3.8, 4) is 0 Å². The van der Waals surface area contributed by atoms with Gasteiger partial charge in [-0.1, -0.05) is 24.3 Å². The van der Waals surface area contributed by atoms with E-state index in [-0.39, 0.29) is 0 Å². The van der Waals surface area contributed by atoms with Gasteiger partial charge in [-0.2, -0.15) is 0 Å². The van der Waals surface area contributed by atoms with E-state index in [4.69, 9.17) is 5.11 Å². The minimum absolute atomic E-state index is 0.342. The van der Waals surface area contributed by atoms with E-state index in [0.717, 1.165) is 17.5 Å². The van der Waals surface area contributed by atoms with Gasteiger partial charge in [-0.3, -0.25) is 0 Å². The van der Waals surface area contributed by atoms with Gasteiger partial charge >= 0.3 is 5.97 Å². The summed E-state index contributed by atoms with van der Waals surface area (Å²) < 4.78 is 2.13. The quantitative estimate of drug-likeness (QED) is 0.793. The number of hydrogen-bond acceptors (Lipinski definition) is 1. The first-order valence-corrected chi connectivity index (χ1v) is 6.92. The lowest BCUT2D eigenvalue weighted by Crippen LogP contribution is -1.99. The molecule has 0 amide bonds. The molecule has 21 heavy (non-hydrogen) atoms. The molecule has 0 aliphatic carbocycles. The van der Waals surface area contributed by atoms with E-state index in [1.54, 1.807) is 12.1 Å². The van der Waals surface area contributed by atoms with Crippen LogP contribution in [0.2, 0.25) is 0 Å². The Morgan fingerprint density at radius 1 is 1.14 bits per heavy atom. The first-order chi connectivity index (χ1) is 10.1. The van der Waals surface area contributed by atoms with Gasteiger partial charge in [0.15, 0.2) is 0 Å². The smallest absolute Gasteiger partial charge is 0.335 e. The number of carbonyl (C=O) groups is 1. The molecule has 0 saturated heterocycles. The van der Waals surface area contributed by atoms with Crippen LogP contribution in [0.25, 0.3) is 10.9 Å². The standard InChI is InChI=1S/C18H17NO2/c1-12-9-14(18(20)21)8-7-13(12)10-15-11-19(2)17-6-4-3-5-16(15)17/h3-9,11H,10H2,1-2H3,(H,20,21). The summed E-state index contributed by atoms with van der Waals surface area (Å²) in [6, 6.07) is 13.7. The molecule has 0 fully saturated rings. The number of aryl methyl sites for hydroxylation is 2. The SMILES string of the molecule is Cc1cc(C(=O)O)ccc1Cc1cn(C)c2ccccc12. The van der Waals surface area contributed by atoms with Gasteiger partial charge in [-0.15, -0.1) is 0 Å². The highest BCUT2D eigenvalue weighted by Crippen LogP contribution is 2.24. The Bertz CT molecular complexity index is 830. The zero-order valence-corrected chi connectivity index (χ0v) is 12.1. The van der Waals surface area contributed by atoms with Gasteiger partial charge in [0.2, 0.25) is 0 Å². The largest absolute Gasteiger partial charge is 0.478 e. The summed E-state index contributed by atoms with van der Waals surface area (Å²) in [6.07, 6.45) is 2.96.